The Bertz CT molecular complexity index is 1060. The van der Waals surface area contributed by atoms with Crippen molar-refractivity contribution in [1.29, 1.82) is 0 Å². The van der Waals surface area contributed by atoms with Gasteiger partial charge in [0.05, 0.1) is 11.9 Å². The number of amides is 1. The lowest BCUT2D eigenvalue weighted by Gasteiger charge is -2.03. The Morgan fingerprint density at radius 3 is 2.88 bits per heavy atom. The Morgan fingerprint density at radius 1 is 1.31 bits per heavy atom. The minimum Gasteiger partial charge on any atom is -0.454 e. The zero-order valence-electron chi connectivity index (χ0n) is 13.5. The van der Waals surface area contributed by atoms with Crippen molar-refractivity contribution < 1.29 is 14.3 Å². The van der Waals surface area contributed by atoms with Gasteiger partial charge in [-0.15, -0.1) is 0 Å². The summed E-state index contributed by atoms with van der Waals surface area (Å²) in [6, 6.07) is 7.30. The van der Waals surface area contributed by atoms with Gasteiger partial charge in [-0.2, -0.15) is 5.10 Å². The van der Waals surface area contributed by atoms with Crippen LogP contribution in [-0.2, 0) is 0 Å². The van der Waals surface area contributed by atoms with Crippen LogP contribution in [-0.4, -0.2) is 28.3 Å². The molecule has 1 aromatic carbocycles. The summed E-state index contributed by atoms with van der Waals surface area (Å²) >= 11 is 6.85. The molecule has 1 aliphatic heterocycles. The number of carbonyl (C=O) groups excluding carboxylic acids is 1. The van der Waals surface area contributed by atoms with Gasteiger partial charge < -0.3 is 9.47 Å². The summed E-state index contributed by atoms with van der Waals surface area (Å²) in [5, 5.41) is 4.05. The monoisotopic (exact) mass is 478 g/mol. The molecule has 26 heavy (non-hydrogen) atoms. The maximum atomic E-state index is 12.6. The smallest absolute Gasteiger partial charge is 0.290 e. The molecule has 0 unspecified atom stereocenters. The Morgan fingerprint density at radius 2 is 2.08 bits per heavy atom. The molecular weight excluding hydrogens is 468 g/mol. The highest BCUT2D eigenvalue weighted by Crippen LogP contribution is 2.36. The van der Waals surface area contributed by atoms with E-state index < -0.39 is 0 Å². The number of hydrazone groups is 1. The van der Waals surface area contributed by atoms with E-state index in [9.17, 15) is 4.79 Å². The van der Waals surface area contributed by atoms with Gasteiger partial charge in [0.1, 0.15) is 11.3 Å². The van der Waals surface area contributed by atoms with E-state index in [0.29, 0.717) is 28.5 Å². The number of nitrogens with one attached hydrogen (secondary N) is 1. The quantitative estimate of drug-likeness (QED) is 0.459. The normalized spacial score (nSPS) is 12.9. The molecule has 0 bridgehead atoms. The second kappa shape index (κ2) is 6.73. The Labute approximate surface area is 165 Å². The molecule has 7 nitrogen and oxygen atoms in total. The number of pyridine rings is 1. The second-order valence-corrected chi connectivity index (χ2v) is 7.32. The van der Waals surface area contributed by atoms with Crippen LogP contribution in [0.15, 0.2) is 44.5 Å². The Balaban J connectivity index is 1.57. The summed E-state index contributed by atoms with van der Waals surface area (Å²) in [5.74, 6) is 0.967. The molecular formula is C17H12Br2N4O3. The third-order valence-electron chi connectivity index (χ3n) is 3.83. The summed E-state index contributed by atoms with van der Waals surface area (Å²) < 4.78 is 14.0. The van der Waals surface area contributed by atoms with Crippen LogP contribution in [0.4, 0.5) is 0 Å². The van der Waals surface area contributed by atoms with Crippen molar-refractivity contribution in [2.24, 2.45) is 5.10 Å². The molecule has 0 atom stereocenters. The fourth-order valence-corrected chi connectivity index (χ4v) is 3.42. The molecule has 1 aliphatic rings. The van der Waals surface area contributed by atoms with E-state index >= 15 is 0 Å². The number of benzene rings is 1. The predicted molar refractivity (Wildman–Crippen MR) is 103 cm³/mol. The van der Waals surface area contributed by atoms with Crippen LogP contribution in [0.2, 0.25) is 0 Å². The standard InChI is InChI=1S/C17H12Br2N4O3/c1-9-16(23-7-11(18)2-3-15(23)21-9)17(24)22-20-6-10-4-13-14(5-12(10)19)26-8-25-13/h2-7H,8H2,1H3,(H,22,24)/b20-6+. The number of aryl methyl sites for hydroxylation is 1. The lowest BCUT2D eigenvalue weighted by atomic mass is 10.2. The number of fused-ring (bicyclic) bond motifs is 2. The van der Waals surface area contributed by atoms with Crippen molar-refractivity contribution in [2.75, 3.05) is 6.79 Å². The van der Waals surface area contributed by atoms with Crippen molar-refractivity contribution in [3.05, 3.63) is 56.4 Å². The van der Waals surface area contributed by atoms with Crippen molar-refractivity contribution in [3.8, 4) is 11.5 Å². The van der Waals surface area contributed by atoms with E-state index in [0.717, 1.165) is 14.5 Å². The summed E-state index contributed by atoms with van der Waals surface area (Å²) in [5.41, 5.74) is 5.05. The van der Waals surface area contributed by atoms with E-state index in [-0.39, 0.29) is 12.7 Å². The first-order chi connectivity index (χ1) is 12.5. The average Bonchev–Trinajstić information content (AvgIpc) is 3.17. The topological polar surface area (TPSA) is 77.2 Å². The van der Waals surface area contributed by atoms with Crippen molar-refractivity contribution in [2.45, 2.75) is 6.92 Å². The Kier molecular flexibility index (Phi) is 4.41. The minimum absolute atomic E-state index is 0.197. The fourth-order valence-electron chi connectivity index (χ4n) is 2.66. The molecule has 0 spiro atoms. The van der Waals surface area contributed by atoms with Crippen LogP contribution in [0.1, 0.15) is 21.7 Å². The van der Waals surface area contributed by atoms with E-state index in [1.165, 1.54) is 0 Å². The average molecular weight is 480 g/mol. The van der Waals surface area contributed by atoms with Gasteiger partial charge in [0.25, 0.3) is 5.91 Å². The molecule has 0 radical (unpaired) electrons. The van der Waals surface area contributed by atoms with Gasteiger partial charge in [0.15, 0.2) is 11.5 Å². The van der Waals surface area contributed by atoms with Gasteiger partial charge in [-0.3, -0.25) is 9.20 Å². The number of ether oxygens (including phenoxy) is 2. The first kappa shape index (κ1) is 17.0. The lowest BCUT2D eigenvalue weighted by molar-refractivity contribution is 0.0948. The van der Waals surface area contributed by atoms with Crippen LogP contribution in [0, 0.1) is 6.92 Å². The molecule has 3 aromatic rings. The number of hydrogen-bond donors (Lipinski definition) is 1. The van der Waals surface area contributed by atoms with Crippen molar-refractivity contribution in [1.82, 2.24) is 14.8 Å². The van der Waals surface area contributed by atoms with E-state index in [1.54, 1.807) is 35.9 Å². The molecule has 3 heterocycles. The number of carbonyl (C=O) groups is 1. The van der Waals surface area contributed by atoms with Gasteiger partial charge in [0.2, 0.25) is 6.79 Å². The SMILES string of the molecule is Cc1nc2ccc(Br)cn2c1C(=O)N/N=C/c1cc2c(cc1Br)OCO2. The first-order valence-corrected chi connectivity index (χ1v) is 9.18. The van der Waals surface area contributed by atoms with Crippen LogP contribution in [0.25, 0.3) is 5.65 Å². The molecule has 4 rings (SSSR count). The number of imidazole rings is 1. The van der Waals surface area contributed by atoms with Gasteiger partial charge in [-0.25, -0.2) is 10.4 Å². The Hall–Kier alpha value is -2.39. The lowest BCUT2D eigenvalue weighted by Crippen LogP contribution is -2.20. The third-order valence-corrected chi connectivity index (χ3v) is 4.99. The van der Waals surface area contributed by atoms with E-state index in [4.69, 9.17) is 9.47 Å². The maximum absolute atomic E-state index is 12.6. The second-order valence-electron chi connectivity index (χ2n) is 5.55. The number of rotatable bonds is 3. The molecule has 1 amide bonds. The summed E-state index contributed by atoms with van der Waals surface area (Å²) in [6.07, 6.45) is 3.33. The molecule has 2 aromatic heterocycles. The number of aromatic nitrogens is 2. The highest BCUT2D eigenvalue weighted by Gasteiger charge is 2.17. The van der Waals surface area contributed by atoms with Crippen molar-refractivity contribution in [3.63, 3.8) is 0 Å². The molecule has 132 valence electrons. The minimum atomic E-state index is -0.346. The molecule has 0 saturated heterocycles. The third kappa shape index (κ3) is 3.08. The molecule has 0 aliphatic carbocycles. The highest BCUT2D eigenvalue weighted by atomic mass is 79.9. The zero-order chi connectivity index (χ0) is 18.3. The molecule has 0 fully saturated rings. The van der Waals surface area contributed by atoms with Gasteiger partial charge in [0, 0.05) is 20.7 Å². The number of nitrogens with zero attached hydrogens (tertiary/aromatic N) is 3. The largest absolute Gasteiger partial charge is 0.454 e. The van der Waals surface area contributed by atoms with Crippen LogP contribution < -0.4 is 14.9 Å². The molecule has 0 saturated carbocycles. The first-order valence-electron chi connectivity index (χ1n) is 7.59. The van der Waals surface area contributed by atoms with Gasteiger partial charge >= 0.3 is 0 Å². The highest BCUT2D eigenvalue weighted by molar-refractivity contribution is 9.10. The fraction of sp³-hybridized carbons (Fsp3) is 0.118. The van der Waals surface area contributed by atoms with E-state index in [1.807, 2.05) is 12.1 Å². The zero-order valence-corrected chi connectivity index (χ0v) is 16.7. The van der Waals surface area contributed by atoms with Gasteiger partial charge in [-0.1, -0.05) is 0 Å². The summed E-state index contributed by atoms with van der Waals surface area (Å²) in [7, 11) is 0. The molecule has 1 N–H and O–H groups in total. The number of halogens is 2. The summed E-state index contributed by atoms with van der Waals surface area (Å²) in [6.45, 7) is 1.98. The summed E-state index contributed by atoms with van der Waals surface area (Å²) in [4.78, 5) is 16.9. The maximum Gasteiger partial charge on any atom is 0.290 e. The van der Waals surface area contributed by atoms with Gasteiger partial charge in [-0.05, 0) is 63.0 Å². The van der Waals surface area contributed by atoms with Crippen LogP contribution >= 0.6 is 31.9 Å². The van der Waals surface area contributed by atoms with Crippen molar-refractivity contribution >= 4 is 49.6 Å². The van der Waals surface area contributed by atoms with Crippen LogP contribution in [0.3, 0.4) is 0 Å². The molecule has 9 heteroatoms. The van der Waals surface area contributed by atoms with E-state index in [2.05, 4.69) is 47.4 Å². The predicted octanol–water partition coefficient (Wildman–Crippen LogP) is 3.66. The number of hydrogen-bond acceptors (Lipinski definition) is 5. The van der Waals surface area contributed by atoms with Crippen LogP contribution in [0.5, 0.6) is 11.5 Å².